The number of hydrogen-bond acceptors (Lipinski definition) is 6. The van der Waals surface area contributed by atoms with Gasteiger partial charge in [0.1, 0.15) is 5.75 Å². The molecule has 2 amide bonds. The van der Waals surface area contributed by atoms with Crippen molar-refractivity contribution in [3.63, 3.8) is 0 Å². The van der Waals surface area contributed by atoms with Crippen LogP contribution in [0.3, 0.4) is 0 Å². The highest BCUT2D eigenvalue weighted by Gasteiger charge is 2.45. The van der Waals surface area contributed by atoms with Gasteiger partial charge in [0, 0.05) is 39.3 Å². The van der Waals surface area contributed by atoms with Crippen molar-refractivity contribution in [3.8, 4) is 11.4 Å². The Balaban J connectivity index is 1.09. The second kappa shape index (κ2) is 12.6. The monoisotopic (exact) mass is 611 g/mol. The number of carbonyl (C=O) groups is 2. The molecule has 12 heteroatoms. The van der Waals surface area contributed by atoms with Crippen LogP contribution in [-0.4, -0.2) is 84.4 Å². The molecule has 3 aromatic rings. The molecule has 1 N–H and O–H groups in total. The predicted molar refractivity (Wildman–Crippen MR) is 155 cm³/mol. The lowest BCUT2D eigenvalue weighted by Gasteiger charge is -2.25. The number of ether oxygens (including phenoxy) is 2. The first-order valence-electron chi connectivity index (χ1n) is 15.0. The first kappa shape index (κ1) is 30.1. The van der Waals surface area contributed by atoms with Crippen molar-refractivity contribution in [1.29, 1.82) is 0 Å². The highest BCUT2D eigenvalue weighted by molar-refractivity contribution is 5.95. The van der Waals surface area contributed by atoms with Crippen molar-refractivity contribution >= 4 is 11.8 Å². The summed E-state index contributed by atoms with van der Waals surface area (Å²) >= 11 is 0. The lowest BCUT2D eigenvalue weighted by molar-refractivity contribution is -0.143. The minimum Gasteiger partial charge on any atom is -0.497 e. The van der Waals surface area contributed by atoms with Gasteiger partial charge >= 0.3 is 6.18 Å². The number of rotatable bonds is 9. The second-order valence-electron chi connectivity index (χ2n) is 11.8. The quantitative estimate of drug-likeness (QED) is 0.391. The van der Waals surface area contributed by atoms with E-state index >= 15 is 0 Å². The summed E-state index contributed by atoms with van der Waals surface area (Å²) in [6.07, 6.45) is -2.30. The van der Waals surface area contributed by atoms with E-state index < -0.39 is 23.3 Å². The highest BCUT2D eigenvalue weighted by Crippen LogP contribution is 2.37. The van der Waals surface area contributed by atoms with Crippen molar-refractivity contribution in [2.75, 3.05) is 53.0 Å². The molecule has 1 aromatic heterocycles. The first-order chi connectivity index (χ1) is 21.2. The van der Waals surface area contributed by atoms with Crippen LogP contribution in [-0.2, 0) is 15.7 Å². The van der Waals surface area contributed by atoms with Gasteiger partial charge in [0.05, 0.1) is 43.1 Å². The van der Waals surface area contributed by atoms with E-state index in [-0.39, 0.29) is 35.4 Å². The maximum atomic E-state index is 14.2. The van der Waals surface area contributed by atoms with Crippen LogP contribution in [0, 0.1) is 17.8 Å². The number of carbonyl (C=O) groups excluding carboxylic acids is 2. The van der Waals surface area contributed by atoms with E-state index in [1.807, 2.05) is 30.3 Å². The number of nitrogens with zero attached hydrogens (tertiary/aromatic N) is 4. The van der Waals surface area contributed by atoms with E-state index in [2.05, 4.69) is 15.3 Å². The van der Waals surface area contributed by atoms with Crippen LogP contribution in [0.15, 0.2) is 60.8 Å². The Morgan fingerprint density at radius 3 is 2.36 bits per heavy atom. The van der Waals surface area contributed by atoms with Crippen LogP contribution >= 0.6 is 0 Å². The summed E-state index contributed by atoms with van der Waals surface area (Å²) < 4.78 is 54.0. The number of amides is 2. The Morgan fingerprint density at radius 1 is 1.05 bits per heavy atom. The van der Waals surface area contributed by atoms with Gasteiger partial charge in [0.25, 0.3) is 5.91 Å². The number of nitrogens with one attached hydrogen (secondary N) is 1. The Morgan fingerprint density at radius 2 is 1.75 bits per heavy atom. The molecule has 0 bridgehead atoms. The molecule has 44 heavy (non-hydrogen) atoms. The zero-order valence-electron chi connectivity index (χ0n) is 24.5. The normalized spacial score (nSPS) is 22.6. The molecule has 0 aliphatic carbocycles. The summed E-state index contributed by atoms with van der Waals surface area (Å²) in [5.41, 5.74) is -0.289. The first-order valence-corrected chi connectivity index (χ1v) is 15.0. The summed E-state index contributed by atoms with van der Waals surface area (Å²) in [6, 6.07) is 15.8. The van der Waals surface area contributed by atoms with Gasteiger partial charge in [-0.15, -0.1) is 0 Å². The topological polar surface area (TPSA) is 88.9 Å². The lowest BCUT2D eigenvalue weighted by atomic mass is 10.0. The van der Waals surface area contributed by atoms with Gasteiger partial charge in [-0.05, 0) is 54.5 Å². The molecule has 2 aromatic carbocycles. The molecule has 3 aliphatic heterocycles. The average molecular weight is 612 g/mol. The Labute approximate surface area is 253 Å². The molecule has 6 rings (SSSR count). The smallest absolute Gasteiger partial charge is 0.434 e. The Bertz CT molecular complexity index is 1440. The van der Waals surface area contributed by atoms with Gasteiger partial charge < -0.3 is 24.6 Å². The van der Waals surface area contributed by atoms with Crippen molar-refractivity contribution in [2.45, 2.75) is 25.1 Å². The fourth-order valence-electron chi connectivity index (χ4n) is 6.66. The van der Waals surface area contributed by atoms with Crippen LogP contribution in [0.2, 0.25) is 0 Å². The Hall–Kier alpha value is -3.90. The number of alkyl halides is 3. The number of hydrogen-bond donors (Lipinski definition) is 1. The van der Waals surface area contributed by atoms with E-state index in [0.29, 0.717) is 32.1 Å². The minimum atomic E-state index is -4.77. The number of aromatic nitrogens is 2. The molecule has 0 radical (unpaired) electrons. The standard InChI is InChI=1S/C32H36F3N5O4/c1-43-26-9-7-25(8-10-26)40-29(32(33,34)35)27(15-36-40)31(42)39-18-23-16-38(17-24(23)19-39)13-11-28(21-5-3-2-4-6-21)37-30(41)22-12-14-44-20-22/h2-10,15,22-24,28H,11-14,16-20H2,1H3,(H,37,41)/t22?,23?,24?,28-/m0/s1. The van der Waals surface area contributed by atoms with Crippen molar-refractivity contribution in [1.82, 2.24) is 24.9 Å². The fraction of sp³-hybridized carbons (Fsp3) is 0.469. The van der Waals surface area contributed by atoms with Gasteiger partial charge in [0.2, 0.25) is 5.91 Å². The van der Waals surface area contributed by atoms with Crippen LogP contribution in [0.25, 0.3) is 5.69 Å². The van der Waals surface area contributed by atoms with Gasteiger partial charge in [0.15, 0.2) is 5.69 Å². The highest BCUT2D eigenvalue weighted by atomic mass is 19.4. The number of likely N-dealkylation sites (tertiary alicyclic amines) is 2. The third kappa shape index (κ3) is 6.32. The molecule has 3 aliphatic rings. The minimum absolute atomic E-state index is 0.0114. The molecule has 3 saturated heterocycles. The molecule has 4 atom stereocenters. The van der Waals surface area contributed by atoms with Gasteiger partial charge in [-0.25, -0.2) is 4.68 Å². The maximum Gasteiger partial charge on any atom is 0.434 e. The van der Waals surface area contributed by atoms with Crippen molar-refractivity contribution in [3.05, 3.63) is 77.6 Å². The van der Waals surface area contributed by atoms with E-state index in [0.717, 1.165) is 48.9 Å². The van der Waals surface area contributed by atoms with Gasteiger partial charge in [-0.3, -0.25) is 9.59 Å². The molecular weight excluding hydrogens is 575 g/mol. The second-order valence-corrected chi connectivity index (χ2v) is 11.8. The predicted octanol–water partition coefficient (Wildman–Crippen LogP) is 4.19. The van der Waals surface area contributed by atoms with E-state index in [9.17, 15) is 22.8 Å². The zero-order chi connectivity index (χ0) is 30.8. The van der Waals surface area contributed by atoms with Crippen LogP contribution in [0.4, 0.5) is 13.2 Å². The van der Waals surface area contributed by atoms with E-state index in [4.69, 9.17) is 9.47 Å². The summed E-state index contributed by atoms with van der Waals surface area (Å²) in [4.78, 5) is 30.2. The molecule has 9 nitrogen and oxygen atoms in total. The van der Waals surface area contributed by atoms with Crippen LogP contribution in [0.1, 0.15) is 40.5 Å². The fourth-order valence-corrected chi connectivity index (χ4v) is 6.66. The van der Waals surface area contributed by atoms with Crippen LogP contribution < -0.4 is 10.1 Å². The summed E-state index contributed by atoms with van der Waals surface area (Å²) in [6.45, 7) is 4.10. The maximum absolute atomic E-state index is 14.2. The Kier molecular flexibility index (Phi) is 8.64. The van der Waals surface area contributed by atoms with Gasteiger partial charge in [-0.2, -0.15) is 18.3 Å². The van der Waals surface area contributed by atoms with Crippen molar-refractivity contribution < 1.29 is 32.2 Å². The summed E-state index contributed by atoms with van der Waals surface area (Å²) in [7, 11) is 1.47. The SMILES string of the molecule is COc1ccc(-n2ncc(C(=O)N3CC4CN(CC[C@H](NC(=O)C5CCOC5)c5ccccc5)CC4C3)c2C(F)(F)F)cc1. The number of methoxy groups -OCH3 is 1. The summed E-state index contributed by atoms with van der Waals surface area (Å²) in [5, 5.41) is 7.18. The van der Waals surface area contributed by atoms with Crippen LogP contribution in [0.5, 0.6) is 5.75 Å². The summed E-state index contributed by atoms with van der Waals surface area (Å²) in [5.74, 6) is 0.0775. The molecule has 3 unspecified atom stereocenters. The molecular formula is C32H36F3N5O4. The number of benzene rings is 2. The molecule has 0 saturated carbocycles. The van der Waals surface area contributed by atoms with E-state index in [1.165, 1.54) is 24.1 Å². The van der Waals surface area contributed by atoms with Crippen molar-refractivity contribution in [2.24, 2.45) is 17.8 Å². The number of fused-ring (bicyclic) bond motifs is 1. The van der Waals surface area contributed by atoms with Gasteiger partial charge in [-0.1, -0.05) is 30.3 Å². The molecule has 234 valence electrons. The molecule has 4 heterocycles. The van der Waals surface area contributed by atoms with E-state index in [1.54, 1.807) is 12.1 Å². The lowest BCUT2D eigenvalue weighted by Crippen LogP contribution is -2.37. The zero-order valence-corrected chi connectivity index (χ0v) is 24.5. The molecule has 0 spiro atoms. The largest absolute Gasteiger partial charge is 0.497 e. The average Bonchev–Trinajstić information content (AvgIpc) is 3.83. The number of halogens is 3. The molecule has 3 fully saturated rings. The third-order valence-electron chi connectivity index (χ3n) is 8.99. The third-order valence-corrected chi connectivity index (χ3v) is 8.99.